The molecule has 24 heavy (non-hydrogen) atoms. The van der Waals surface area contributed by atoms with Crippen LogP contribution in [0.3, 0.4) is 0 Å². The normalized spacial score (nSPS) is 14.8. The van der Waals surface area contributed by atoms with Crippen LogP contribution in [0.5, 0.6) is 5.75 Å². The Kier molecular flexibility index (Phi) is 6.46. The van der Waals surface area contributed by atoms with Gasteiger partial charge in [-0.25, -0.2) is 0 Å². The summed E-state index contributed by atoms with van der Waals surface area (Å²) in [5.41, 5.74) is -1.45. The van der Waals surface area contributed by atoms with E-state index in [-0.39, 0.29) is 11.0 Å². The van der Waals surface area contributed by atoms with Gasteiger partial charge in [0.25, 0.3) is 0 Å². The number of hydrogen-bond donors (Lipinski definition) is 1. The maximum absolute atomic E-state index is 13.0. The van der Waals surface area contributed by atoms with E-state index >= 15 is 0 Å². The molecule has 135 valence electrons. The van der Waals surface area contributed by atoms with E-state index in [1.165, 1.54) is 25.3 Å². The average molecular weight is 362 g/mol. The summed E-state index contributed by atoms with van der Waals surface area (Å²) in [6.45, 7) is 9.74. The summed E-state index contributed by atoms with van der Waals surface area (Å²) in [6.07, 6.45) is -5.21. The number of alkyl halides is 3. The van der Waals surface area contributed by atoms with E-state index in [0.717, 1.165) is 0 Å². The van der Waals surface area contributed by atoms with Gasteiger partial charge >= 0.3 is 6.18 Å². The molecule has 8 heteroatoms. The van der Waals surface area contributed by atoms with Crippen LogP contribution in [0.4, 0.5) is 13.2 Å². The molecule has 1 unspecified atom stereocenters. The molecule has 1 atom stereocenters. The number of rotatable bonds is 5. The summed E-state index contributed by atoms with van der Waals surface area (Å²) >= 11 is 0. The van der Waals surface area contributed by atoms with Gasteiger partial charge in [0.15, 0.2) is 5.71 Å². The number of methoxy groups -OCH3 is 1. The molecule has 0 aliphatic rings. The van der Waals surface area contributed by atoms with E-state index in [9.17, 15) is 13.2 Å². The highest BCUT2D eigenvalue weighted by atomic mass is 28.3. The van der Waals surface area contributed by atoms with Crippen LogP contribution in [0.15, 0.2) is 23.4 Å². The summed E-state index contributed by atoms with van der Waals surface area (Å²) in [6, 6.07) is 3.97. The molecule has 0 bridgehead atoms. The molecule has 1 N–H and O–H groups in total. The molecular weight excluding hydrogens is 339 g/mol. The average Bonchev–Trinajstić information content (AvgIpc) is 2.42. The van der Waals surface area contributed by atoms with E-state index in [1.54, 1.807) is 0 Å². The van der Waals surface area contributed by atoms with Crippen molar-refractivity contribution in [2.45, 2.75) is 46.1 Å². The molecule has 0 fully saturated rings. The lowest BCUT2D eigenvalue weighted by molar-refractivity contribution is -0.0601. The van der Waals surface area contributed by atoms with Gasteiger partial charge in [0.1, 0.15) is 5.75 Å². The summed E-state index contributed by atoms with van der Waals surface area (Å²) in [5.74, 6) is 0.432. The van der Waals surface area contributed by atoms with Gasteiger partial charge in [-0.05, 0) is 36.7 Å². The van der Waals surface area contributed by atoms with Crippen molar-refractivity contribution in [1.82, 2.24) is 0 Å². The second-order valence-corrected chi connectivity index (χ2v) is 8.73. The summed E-state index contributed by atoms with van der Waals surface area (Å²) < 4.78 is 50.4. The van der Waals surface area contributed by atoms with Crippen molar-refractivity contribution >= 4 is 14.8 Å². The van der Waals surface area contributed by atoms with Crippen LogP contribution in [0.1, 0.15) is 38.0 Å². The van der Waals surface area contributed by atoms with Crippen molar-refractivity contribution in [3.05, 3.63) is 29.3 Å². The van der Waals surface area contributed by atoms with Crippen molar-refractivity contribution in [3.8, 4) is 5.75 Å². The Morgan fingerprint density at radius 1 is 1.21 bits per heavy atom. The zero-order valence-corrected chi connectivity index (χ0v) is 15.7. The summed E-state index contributed by atoms with van der Waals surface area (Å²) in [4.78, 5) is 0. The van der Waals surface area contributed by atoms with Crippen LogP contribution in [-0.2, 0) is 4.43 Å². The van der Waals surface area contributed by atoms with E-state index in [0.29, 0.717) is 11.3 Å². The highest BCUT2D eigenvalue weighted by Gasteiger charge is 2.39. The van der Waals surface area contributed by atoms with E-state index in [2.05, 4.69) is 5.16 Å². The first-order chi connectivity index (χ1) is 10.9. The second kappa shape index (κ2) is 7.56. The van der Waals surface area contributed by atoms with Crippen molar-refractivity contribution in [2.75, 3.05) is 7.11 Å². The topological polar surface area (TPSA) is 51.0 Å². The smallest absolute Gasteiger partial charge is 0.437 e. The van der Waals surface area contributed by atoms with Gasteiger partial charge in [0, 0.05) is 11.1 Å². The monoisotopic (exact) mass is 362 g/mol. The van der Waals surface area contributed by atoms with Crippen molar-refractivity contribution in [1.29, 1.82) is 0 Å². The van der Waals surface area contributed by atoms with E-state index in [1.807, 2.05) is 33.9 Å². The molecule has 1 aromatic carbocycles. The largest absolute Gasteiger partial charge is 0.496 e. The Labute approximate surface area is 142 Å². The number of hydrogen-bond acceptors (Lipinski definition) is 4. The van der Waals surface area contributed by atoms with Crippen LogP contribution in [0, 0.1) is 5.41 Å². The lowest BCUT2D eigenvalue weighted by Crippen LogP contribution is -2.28. The van der Waals surface area contributed by atoms with Crippen molar-refractivity contribution in [3.63, 3.8) is 0 Å². The molecule has 1 radical (unpaired) electrons. The van der Waals surface area contributed by atoms with Gasteiger partial charge in [0.05, 0.1) is 13.2 Å². The molecule has 4 nitrogen and oxygen atoms in total. The molecule has 0 amide bonds. The predicted octanol–water partition coefficient (Wildman–Crippen LogP) is 4.79. The van der Waals surface area contributed by atoms with E-state index in [4.69, 9.17) is 14.4 Å². The zero-order valence-electron chi connectivity index (χ0n) is 14.7. The number of oxime groups is 1. The van der Waals surface area contributed by atoms with Crippen LogP contribution in [0.2, 0.25) is 13.1 Å². The Balaban J connectivity index is 3.52. The van der Waals surface area contributed by atoms with Gasteiger partial charge in [-0.15, -0.1) is 0 Å². The third-order valence-corrected chi connectivity index (χ3v) is 4.00. The predicted molar refractivity (Wildman–Crippen MR) is 88.1 cm³/mol. The van der Waals surface area contributed by atoms with Gasteiger partial charge in [-0.2, -0.15) is 13.2 Å². The number of ether oxygens (including phenoxy) is 1. The zero-order chi connectivity index (χ0) is 18.7. The summed E-state index contributed by atoms with van der Waals surface area (Å²) in [7, 11) is 0.340. The number of halogens is 3. The van der Waals surface area contributed by atoms with Crippen LogP contribution < -0.4 is 4.74 Å². The Hall–Kier alpha value is -1.54. The van der Waals surface area contributed by atoms with Crippen molar-refractivity contribution in [2.24, 2.45) is 10.6 Å². The minimum atomic E-state index is -4.76. The third-order valence-electron chi connectivity index (χ3n) is 3.29. The molecular formula is C16H23F3NO3Si. The number of benzene rings is 1. The lowest BCUT2D eigenvalue weighted by atomic mass is 9.83. The molecule has 0 saturated carbocycles. The molecule has 1 aromatic rings. The maximum Gasteiger partial charge on any atom is 0.437 e. The summed E-state index contributed by atoms with van der Waals surface area (Å²) in [5, 5.41) is 11.2. The van der Waals surface area contributed by atoms with Gasteiger partial charge in [-0.1, -0.05) is 25.9 Å². The van der Waals surface area contributed by atoms with Gasteiger partial charge in [0.2, 0.25) is 9.04 Å². The van der Waals surface area contributed by atoms with Crippen LogP contribution >= 0.6 is 0 Å². The van der Waals surface area contributed by atoms with Gasteiger partial charge < -0.3 is 14.4 Å². The first-order valence-electron chi connectivity index (χ1n) is 7.36. The van der Waals surface area contributed by atoms with Gasteiger partial charge in [-0.3, -0.25) is 0 Å². The Bertz CT molecular complexity index is 595. The SMILES string of the molecule is COc1ccc(/C(=N/O)C(F)(F)F)cc1C(O[Si](C)C)C(C)(C)C. The highest BCUT2D eigenvalue weighted by Crippen LogP contribution is 2.41. The molecule has 1 rings (SSSR count). The fourth-order valence-electron chi connectivity index (χ4n) is 2.31. The van der Waals surface area contributed by atoms with Crippen LogP contribution in [0.25, 0.3) is 0 Å². The number of nitrogens with zero attached hydrogens (tertiary/aromatic N) is 1. The molecule has 0 heterocycles. The van der Waals surface area contributed by atoms with Crippen molar-refractivity contribution < 1.29 is 27.5 Å². The Morgan fingerprint density at radius 3 is 2.17 bits per heavy atom. The maximum atomic E-state index is 13.0. The lowest BCUT2D eigenvalue weighted by Gasteiger charge is -2.34. The molecule has 0 aliphatic carbocycles. The molecule has 0 spiro atoms. The third kappa shape index (κ3) is 4.97. The minimum absolute atomic E-state index is 0.236. The first kappa shape index (κ1) is 20.5. The molecule has 0 saturated heterocycles. The van der Waals surface area contributed by atoms with E-state index < -0.39 is 27.0 Å². The molecule has 0 aromatic heterocycles. The quantitative estimate of drug-likeness (QED) is 0.355. The fourth-order valence-corrected chi connectivity index (χ4v) is 3.26. The fraction of sp³-hybridized carbons (Fsp3) is 0.562. The first-order valence-corrected chi connectivity index (χ1v) is 9.77. The minimum Gasteiger partial charge on any atom is -0.496 e. The van der Waals surface area contributed by atoms with Crippen LogP contribution in [-0.4, -0.2) is 33.2 Å². The standard InChI is InChI=1S/C16H23F3NO3Si/c1-15(2,3)14(23-24(5)6)11-9-10(7-8-12(11)22-4)13(20-21)16(17,18)19/h7-9,14,21H,1-6H3/b20-13-. The Morgan fingerprint density at radius 2 is 1.79 bits per heavy atom. The second-order valence-electron chi connectivity index (χ2n) is 6.68. The molecule has 0 aliphatic heterocycles. The highest BCUT2D eigenvalue weighted by molar-refractivity contribution is 6.48.